The largest absolute Gasteiger partial charge is 0.345 e. The van der Waals surface area contributed by atoms with Crippen LogP contribution in [0.25, 0.3) is 0 Å². The van der Waals surface area contributed by atoms with Crippen LogP contribution in [0.2, 0.25) is 0 Å². The molecule has 0 aliphatic heterocycles. The van der Waals surface area contributed by atoms with E-state index in [1.165, 1.54) is 25.7 Å². The van der Waals surface area contributed by atoms with Gasteiger partial charge in [-0.2, -0.15) is 0 Å². The van der Waals surface area contributed by atoms with Crippen molar-refractivity contribution in [1.82, 2.24) is 10.3 Å². The number of nitrogens with zero attached hydrogens (tertiary/aromatic N) is 1. The monoisotopic (exact) mass is 244 g/mol. The van der Waals surface area contributed by atoms with Gasteiger partial charge >= 0.3 is 0 Å². The van der Waals surface area contributed by atoms with Crippen molar-refractivity contribution in [1.29, 1.82) is 0 Å². The Morgan fingerprint density at radius 3 is 3.11 bits per heavy atom. The zero-order valence-corrected chi connectivity index (χ0v) is 10.9. The summed E-state index contributed by atoms with van der Waals surface area (Å²) in [6.07, 6.45) is 7.34. The van der Waals surface area contributed by atoms with E-state index in [0.717, 1.165) is 24.5 Å². The number of amides is 1. The Kier molecular flexibility index (Phi) is 2.84. The van der Waals surface area contributed by atoms with Crippen LogP contribution in [0, 0.1) is 12.8 Å². The normalized spacial score (nSPS) is 30.2. The summed E-state index contributed by atoms with van der Waals surface area (Å²) in [7, 11) is 0. The zero-order valence-electron chi connectivity index (χ0n) is 10.9. The molecule has 3 heteroatoms. The van der Waals surface area contributed by atoms with Crippen molar-refractivity contribution in [2.24, 2.45) is 5.92 Å². The van der Waals surface area contributed by atoms with Gasteiger partial charge in [-0.25, -0.2) is 4.98 Å². The van der Waals surface area contributed by atoms with Crippen LogP contribution in [-0.4, -0.2) is 16.4 Å². The lowest BCUT2D eigenvalue weighted by atomic mass is 9.83. The molecule has 2 aliphatic carbocycles. The number of hydrogen-bond donors (Lipinski definition) is 1. The van der Waals surface area contributed by atoms with Crippen molar-refractivity contribution in [3.05, 3.63) is 29.6 Å². The Labute approximate surface area is 108 Å². The Hall–Kier alpha value is -1.38. The van der Waals surface area contributed by atoms with Gasteiger partial charge < -0.3 is 5.32 Å². The fourth-order valence-corrected chi connectivity index (χ4v) is 3.59. The second kappa shape index (κ2) is 4.38. The van der Waals surface area contributed by atoms with Crippen LogP contribution in [0.4, 0.5) is 0 Å². The Morgan fingerprint density at radius 2 is 2.28 bits per heavy atom. The van der Waals surface area contributed by atoms with Gasteiger partial charge in [0.25, 0.3) is 5.91 Å². The van der Waals surface area contributed by atoms with Gasteiger partial charge in [-0.05, 0) is 50.7 Å². The molecule has 2 saturated carbocycles. The second-order valence-corrected chi connectivity index (χ2v) is 5.90. The van der Waals surface area contributed by atoms with E-state index >= 15 is 0 Å². The highest BCUT2D eigenvalue weighted by Crippen LogP contribution is 2.45. The third-order valence-corrected chi connectivity index (χ3v) is 4.48. The lowest BCUT2D eigenvalue weighted by Gasteiger charge is -2.34. The number of aromatic nitrogens is 1. The molecule has 0 radical (unpaired) electrons. The van der Waals surface area contributed by atoms with Crippen molar-refractivity contribution in [2.45, 2.75) is 51.0 Å². The molecule has 2 atom stereocenters. The number of nitrogens with one attached hydrogen (secondary N) is 1. The minimum absolute atomic E-state index is 0.00116. The summed E-state index contributed by atoms with van der Waals surface area (Å²) in [6, 6.07) is 5.61. The summed E-state index contributed by atoms with van der Waals surface area (Å²) in [4.78, 5) is 16.6. The molecule has 1 aromatic rings. The minimum Gasteiger partial charge on any atom is -0.345 e. The molecule has 3 nitrogen and oxygen atoms in total. The Morgan fingerprint density at radius 1 is 1.39 bits per heavy atom. The Bertz CT molecular complexity index is 467. The predicted molar refractivity (Wildman–Crippen MR) is 70.4 cm³/mol. The number of carbonyl (C=O) groups excluding carboxylic acids is 1. The lowest BCUT2D eigenvalue weighted by molar-refractivity contribution is 0.0875. The molecule has 0 spiro atoms. The van der Waals surface area contributed by atoms with Crippen molar-refractivity contribution in [3.63, 3.8) is 0 Å². The van der Waals surface area contributed by atoms with Crippen molar-refractivity contribution >= 4 is 5.91 Å². The summed E-state index contributed by atoms with van der Waals surface area (Å²) < 4.78 is 0. The van der Waals surface area contributed by atoms with Gasteiger partial charge in [0.05, 0.1) is 0 Å². The predicted octanol–water partition coefficient (Wildman–Crippen LogP) is 2.84. The van der Waals surface area contributed by atoms with E-state index in [2.05, 4.69) is 10.3 Å². The maximum Gasteiger partial charge on any atom is 0.270 e. The molecule has 2 bridgehead atoms. The maximum atomic E-state index is 12.3. The van der Waals surface area contributed by atoms with E-state index < -0.39 is 0 Å². The average molecular weight is 244 g/mol. The first-order valence-electron chi connectivity index (χ1n) is 6.93. The number of fused-ring (bicyclic) bond motifs is 2. The second-order valence-electron chi connectivity index (χ2n) is 5.90. The molecule has 96 valence electrons. The topological polar surface area (TPSA) is 42.0 Å². The smallest absolute Gasteiger partial charge is 0.270 e. The molecule has 1 N–H and O–H groups in total. The number of carbonyl (C=O) groups is 1. The molecule has 0 saturated heterocycles. The van der Waals surface area contributed by atoms with Gasteiger partial charge in [-0.15, -0.1) is 0 Å². The van der Waals surface area contributed by atoms with Crippen molar-refractivity contribution < 1.29 is 4.79 Å². The van der Waals surface area contributed by atoms with Crippen LogP contribution in [0.5, 0.6) is 0 Å². The van der Waals surface area contributed by atoms with Gasteiger partial charge in [0.2, 0.25) is 0 Å². The summed E-state index contributed by atoms with van der Waals surface area (Å²) in [5, 5.41) is 3.27. The molecule has 18 heavy (non-hydrogen) atoms. The van der Waals surface area contributed by atoms with Crippen LogP contribution in [-0.2, 0) is 0 Å². The van der Waals surface area contributed by atoms with E-state index in [0.29, 0.717) is 5.69 Å². The standard InChI is InChI=1S/C15H20N2O/c1-11-4-2-6-13(16-11)14(18)17-15-8-3-5-12(10-15)7-9-15/h2,4,6,12H,3,5,7-10H2,1H3,(H,17,18). The van der Waals surface area contributed by atoms with Crippen LogP contribution >= 0.6 is 0 Å². The quantitative estimate of drug-likeness (QED) is 0.869. The van der Waals surface area contributed by atoms with Gasteiger partial charge in [0.15, 0.2) is 0 Å². The first-order valence-corrected chi connectivity index (χ1v) is 6.93. The van der Waals surface area contributed by atoms with Crippen molar-refractivity contribution in [3.8, 4) is 0 Å². The number of rotatable bonds is 2. The highest BCUT2D eigenvalue weighted by atomic mass is 16.2. The molecule has 1 heterocycles. The summed E-state index contributed by atoms with van der Waals surface area (Å²) in [5.74, 6) is 0.839. The highest BCUT2D eigenvalue weighted by Gasteiger charge is 2.42. The summed E-state index contributed by atoms with van der Waals surface area (Å²) >= 11 is 0. The summed E-state index contributed by atoms with van der Waals surface area (Å²) in [6.45, 7) is 1.92. The molecule has 2 fully saturated rings. The third-order valence-electron chi connectivity index (χ3n) is 4.48. The zero-order chi connectivity index (χ0) is 12.6. The molecule has 1 aromatic heterocycles. The van der Waals surface area contributed by atoms with Crippen molar-refractivity contribution in [2.75, 3.05) is 0 Å². The molecular weight excluding hydrogens is 224 g/mol. The Balaban J connectivity index is 1.75. The highest BCUT2D eigenvalue weighted by molar-refractivity contribution is 5.92. The van der Waals surface area contributed by atoms with Gasteiger partial charge in [0.1, 0.15) is 5.69 Å². The van der Waals surface area contributed by atoms with E-state index in [1.807, 2.05) is 19.1 Å². The molecule has 2 aliphatic rings. The first-order chi connectivity index (χ1) is 8.67. The van der Waals surface area contributed by atoms with E-state index in [1.54, 1.807) is 6.07 Å². The fourth-order valence-electron chi connectivity index (χ4n) is 3.59. The number of hydrogen-bond acceptors (Lipinski definition) is 2. The number of pyridine rings is 1. The van der Waals surface area contributed by atoms with Gasteiger partial charge in [-0.1, -0.05) is 18.9 Å². The number of aryl methyl sites for hydroxylation is 1. The van der Waals surface area contributed by atoms with Crippen LogP contribution in [0.15, 0.2) is 18.2 Å². The van der Waals surface area contributed by atoms with E-state index in [-0.39, 0.29) is 11.4 Å². The lowest BCUT2D eigenvalue weighted by Crippen LogP contribution is -2.47. The van der Waals surface area contributed by atoms with Crippen LogP contribution in [0.3, 0.4) is 0 Å². The molecule has 2 unspecified atom stereocenters. The summed E-state index contributed by atoms with van der Waals surface area (Å²) in [5.41, 5.74) is 1.53. The first kappa shape index (κ1) is 11.7. The average Bonchev–Trinajstić information content (AvgIpc) is 2.64. The third kappa shape index (κ3) is 2.14. The van der Waals surface area contributed by atoms with E-state index in [4.69, 9.17) is 0 Å². The molecular formula is C15H20N2O. The maximum absolute atomic E-state index is 12.3. The van der Waals surface area contributed by atoms with Crippen LogP contribution in [0.1, 0.15) is 54.7 Å². The molecule has 3 rings (SSSR count). The van der Waals surface area contributed by atoms with Gasteiger partial charge in [0, 0.05) is 11.2 Å². The minimum atomic E-state index is 0.00116. The SMILES string of the molecule is Cc1cccc(C(=O)NC23CCCC(CC2)C3)n1. The van der Waals surface area contributed by atoms with E-state index in [9.17, 15) is 4.79 Å². The molecule has 1 amide bonds. The molecule has 0 aromatic carbocycles. The fraction of sp³-hybridized carbons (Fsp3) is 0.600. The van der Waals surface area contributed by atoms with Gasteiger partial charge in [-0.3, -0.25) is 4.79 Å². The van der Waals surface area contributed by atoms with Crippen LogP contribution < -0.4 is 5.32 Å².